The molecular formula is C18H22Cl2N6O3S. The van der Waals surface area contributed by atoms with Gasteiger partial charge in [-0.05, 0) is 17.7 Å². The molecule has 1 aliphatic heterocycles. The number of anilines is 1. The molecule has 4 rings (SSSR count). The summed E-state index contributed by atoms with van der Waals surface area (Å²) in [5.74, 6) is 1.13. The zero-order valence-electron chi connectivity index (χ0n) is 16.0. The summed E-state index contributed by atoms with van der Waals surface area (Å²) < 4.78 is 21.1. The van der Waals surface area contributed by atoms with Gasteiger partial charge in [0.05, 0.1) is 34.3 Å². The zero-order valence-corrected chi connectivity index (χ0v) is 18.3. The molecular weight excluding hydrogens is 451 g/mol. The Morgan fingerprint density at radius 3 is 2.67 bits per heavy atom. The summed E-state index contributed by atoms with van der Waals surface area (Å²) in [6.45, 7) is 2.86. The number of nitrogens with one attached hydrogen (secondary N) is 2. The van der Waals surface area contributed by atoms with Gasteiger partial charge in [-0.1, -0.05) is 29.3 Å². The molecule has 1 fully saturated rings. The van der Waals surface area contributed by atoms with Crippen LogP contribution in [0.1, 0.15) is 5.56 Å². The number of H-pyrrole nitrogens is 1. The Hall–Kier alpha value is -1.82. The maximum absolute atomic E-state index is 12.6. The van der Waals surface area contributed by atoms with E-state index in [2.05, 4.69) is 25.3 Å². The highest BCUT2D eigenvalue weighted by atomic mass is 35.5. The number of aromatic amines is 1. The predicted octanol–water partition coefficient (Wildman–Crippen LogP) is 3.10. The second kappa shape index (κ2) is 8.74. The minimum atomic E-state index is -2.41. The fraction of sp³-hybridized carbons (Fsp3) is 0.389. The molecule has 4 N–H and O–H groups in total. The minimum absolute atomic E-state index is 0.276. The summed E-state index contributed by atoms with van der Waals surface area (Å²) in [4.78, 5) is 21.9. The molecule has 0 saturated carbocycles. The van der Waals surface area contributed by atoms with Crippen LogP contribution in [-0.4, -0.2) is 64.9 Å². The first-order chi connectivity index (χ1) is 14.3. The van der Waals surface area contributed by atoms with Gasteiger partial charge in [0, 0.05) is 26.2 Å². The number of aromatic nitrogens is 4. The lowest BCUT2D eigenvalue weighted by Crippen LogP contribution is -2.40. The van der Waals surface area contributed by atoms with Crippen LogP contribution in [-0.2, 0) is 13.1 Å². The highest BCUT2D eigenvalue weighted by molar-refractivity contribution is 8.24. The number of hydrogen-bond acceptors (Lipinski definition) is 7. The predicted molar refractivity (Wildman–Crippen MR) is 121 cm³/mol. The highest BCUT2D eigenvalue weighted by Gasteiger charge is 2.22. The lowest BCUT2D eigenvalue weighted by atomic mass is 10.2. The number of fused-ring (bicyclic) bond motifs is 1. The first-order valence-electron chi connectivity index (χ1n) is 9.40. The molecule has 1 aliphatic rings. The van der Waals surface area contributed by atoms with Crippen molar-refractivity contribution in [3.63, 3.8) is 0 Å². The van der Waals surface area contributed by atoms with Gasteiger partial charge in [-0.15, -0.1) is 0 Å². The van der Waals surface area contributed by atoms with E-state index >= 15 is 0 Å². The van der Waals surface area contributed by atoms with Crippen LogP contribution in [0.5, 0.6) is 0 Å². The van der Waals surface area contributed by atoms with Gasteiger partial charge >= 0.3 is 0 Å². The second-order valence-corrected chi connectivity index (χ2v) is 10.4. The largest absolute Gasteiger partial charge is 0.352 e. The molecule has 0 atom stereocenters. The van der Waals surface area contributed by atoms with Gasteiger partial charge in [0.25, 0.3) is 5.56 Å². The Morgan fingerprint density at radius 2 is 1.93 bits per heavy atom. The van der Waals surface area contributed by atoms with Gasteiger partial charge < -0.3 is 5.32 Å². The lowest BCUT2D eigenvalue weighted by molar-refractivity contribution is 0.271. The van der Waals surface area contributed by atoms with E-state index in [1.54, 1.807) is 23.0 Å². The van der Waals surface area contributed by atoms with Crippen LogP contribution >= 0.6 is 33.8 Å². The van der Waals surface area contributed by atoms with Crippen molar-refractivity contribution in [3.8, 4) is 0 Å². The van der Waals surface area contributed by atoms with Crippen LogP contribution in [0.25, 0.3) is 11.0 Å². The van der Waals surface area contributed by atoms with Crippen molar-refractivity contribution >= 4 is 50.8 Å². The third-order valence-corrected chi connectivity index (χ3v) is 7.45. The molecule has 12 heteroatoms. The number of benzene rings is 1. The Labute approximate surface area is 184 Å². The molecule has 1 aromatic carbocycles. The first-order valence-corrected chi connectivity index (χ1v) is 12.0. The maximum atomic E-state index is 12.6. The molecule has 162 valence electrons. The molecule has 30 heavy (non-hydrogen) atoms. The second-order valence-electron chi connectivity index (χ2n) is 7.17. The van der Waals surface area contributed by atoms with Crippen molar-refractivity contribution in [3.05, 3.63) is 50.4 Å². The van der Waals surface area contributed by atoms with Crippen molar-refractivity contribution in [2.24, 2.45) is 0 Å². The van der Waals surface area contributed by atoms with Gasteiger partial charge in [0.1, 0.15) is 5.52 Å². The molecule has 3 heterocycles. The maximum Gasteiger partial charge on any atom is 0.278 e. The van der Waals surface area contributed by atoms with E-state index in [1.807, 2.05) is 6.07 Å². The molecule has 0 amide bonds. The summed E-state index contributed by atoms with van der Waals surface area (Å²) in [6, 6.07) is 5.32. The number of hydrogen-bond donors (Lipinski definition) is 4. The number of halogens is 2. The monoisotopic (exact) mass is 472 g/mol. The molecule has 0 spiro atoms. The molecule has 0 bridgehead atoms. The standard InChI is InChI=1S/C18H22Cl2N6O3S/c19-13-2-1-12(9-14(13)20)10-21-18-23-15-11-22-26(16(15)17(27)24-18)4-3-25-5-7-30(28,29)8-6-25/h1-2,9,11,28-29H,3-8,10H2,(H2,21,23,24,27). The topological polar surface area (TPSA) is 119 Å². The Bertz CT molecular complexity index is 1110. The van der Waals surface area contributed by atoms with Gasteiger partial charge in [0.15, 0.2) is 5.52 Å². The Kier molecular flexibility index (Phi) is 6.24. The smallest absolute Gasteiger partial charge is 0.278 e. The van der Waals surface area contributed by atoms with Gasteiger partial charge in [-0.2, -0.15) is 15.7 Å². The summed E-state index contributed by atoms with van der Waals surface area (Å²) in [5.41, 5.74) is 1.54. The van der Waals surface area contributed by atoms with Crippen LogP contribution < -0.4 is 10.9 Å². The minimum Gasteiger partial charge on any atom is -0.352 e. The summed E-state index contributed by atoms with van der Waals surface area (Å²) in [5, 5.41) is 8.34. The van der Waals surface area contributed by atoms with E-state index in [4.69, 9.17) is 23.2 Å². The fourth-order valence-corrected chi connectivity index (χ4v) is 4.94. The quantitative estimate of drug-likeness (QED) is 0.434. The average Bonchev–Trinajstić information content (AvgIpc) is 3.12. The average molecular weight is 473 g/mol. The summed E-state index contributed by atoms with van der Waals surface area (Å²) >= 11 is 12.0. The summed E-state index contributed by atoms with van der Waals surface area (Å²) in [7, 11) is -2.41. The van der Waals surface area contributed by atoms with Crippen molar-refractivity contribution in [1.29, 1.82) is 0 Å². The van der Waals surface area contributed by atoms with Crippen molar-refractivity contribution in [1.82, 2.24) is 24.6 Å². The summed E-state index contributed by atoms with van der Waals surface area (Å²) in [6.07, 6.45) is 1.57. The lowest BCUT2D eigenvalue weighted by Gasteiger charge is -2.40. The van der Waals surface area contributed by atoms with Gasteiger partial charge in [-0.25, -0.2) is 4.98 Å². The third-order valence-electron chi connectivity index (χ3n) is 5.04. The first kappa shape index (κ1) is 21.4. The van der Waals surface area contributed by atoms with Crippen molar-refractivity contribution < 1.29 is 9.11 Å². The van der Waals surface area contributed by atoms with Gasteiger partial charge in [0.2, 0.25) is 5.95 Å². The van der Waals surface area contributed by atoms with Crippen molar-refractivity contribution in [2.45, 2.75) is 13.1 Å². The molecule has 2 aromatic heterocycles. The number of nitrogens with zero attached hydrogens (tertiary/aromatic N) is 4. The fourth-order valence-electron chi connectivity index (χ4n) is 3.32. The van der Waals surface area contributed by atoms with E-state index in [1.165, 1.54) is 0 Å². The van der Waals surface area contributed by atoms with E-state index in [0.717, 1.165) is 5.56 Å². The highest BCUT2D eigenvalue weighted by Crippen LogP contribution is 2.40. The van der Waals surface area contributed by atoms with E-state index in [-0.39, 0.29) is 5.56 Å². The van der Waals surface area contributed by atoms with Crippen LogP contribution in [0.4, 0.5) is 5.95 Å². The van der Waals surface area contributed by atoms with Crippen LogP contribution in [0.2, 0.25) is 10.0 Å². The Balaban J connectivity index is 1.42. The molecule has 3 aromatic rings. The molecule has 1 saturated heterocycles. The van der Waals surface area contributed by atoms with Crippen LogP contribution in [0.15, 0.2) is 29.2 Å². The normalized spacial score (nSPS) is 17.9. The molecule has 0 unspecified atom stereocenters. The Morgan fingerprint density at radius 1 is 1.17 bits per heavy atom. The van der Waals surface area contributed by atoms with E-state index in [0.29, 0.717) is 71.3 Å². The zero-order chi connectivity index (χ0) is 21.3. The number of rotatable bonds is 6. The van der Waals surface area contributed by atoms with E-state index < -0.39 is 10.6 Å². The molecule has 9 nitrogen and oxygen atoms in total. The van der Waals surface area contributed by atoms with Crippen molar-refractivity contribution in [2.75, 3.05) is 36.5 Å². The molecule has 0 radical (unpaired) electrons. The SMILES string of the molecule is O=c1[nH]c(NCc2ccc(Cl)c(Cl)c2)nc2cnn(CCN3CCS(O)(O)CC3)c12. The third kappa shape index (κ3) is 4.90. The van der Waals surface area contributed by atoms with Gasteiger partial charge in [-0.3, -0.25) is 28.5 Å². The van der Waals surface area contributed by atoms with Crippen LogP contribution in [0, 0.1) is 0 Å². The van der Waals surface area contributed by atoms with E-state index in [9.17, 15) is 13.9 Å². The molecule has 0 aliphatic carbocycles. The van der Waals surface area contributed by atoms with Crippen LogP contribution in [0.3, 0.4) is 0 Å².